The average Bonchev–Trinajstić information content (AvgIpc) is 0.830. The Bertz CT molecular complexity index is 5750. The number of ether oxygens (including phenoxy) is 9. The second kappa shape index (κ2) is 45.1. The van der Waals surface area contributed by atoms with Gasteiger partial charge in [-0.2, -0.15) is 0 Å². The first-order chi connectivity index (χ1) is 61.8. The van der Waals surface area contributed by atoms with Crippen molar-refractivity contribution in [1.82, 2.24) is 44.9 Å². The third-order valence-electron chi connectivity index (χ3n) is 18.6. The fourth-order valence-electron chi connectivity index (χ4n) is 12.4. The van der Waals surface area contributed by atoms with Crippen molar-refractivity contribution >= 4 is 93.4 Å². The van der Waals surface area contributed by atoms with E-state index in [0.29, 0.717) is 51.7 Å². The van der Waals surface area contributed by atoms with E-state index in [1.54, 1.807) is 0 Å². The molecule has 24 nitrogen and oxygen atoms in total. The Morgan fingerprint density at radius 3 is 0.364 bits per heavy atom. The second-order valence-corrected chi connectivity index (χ2v) is 27.2. The van der Waals surface area contributed by atoms with Crippen LogP contribution in [0, 0.1) is 0 Å². The standard InChI is InChI=1S/3C34H23N3O5.2Ca.ClH/c3*38-31(39)27-15-21-30(22-16-27)42-34-36-32(40-28-17-11-25(12-18-28)23-7-3-1-4-8-23)35-33(37-34)41-29-19-13-26(14-20-29)24-9-5-2-6-10-24;;;/h3*1-22H,(H,38,39);;;1H/q;;;2*+2;/p-4. The SMILES string of the molecule is O=C([O-])c1ccc(Oc2nc(Oc3ccc(-c4ccccc4)cc3)nc(Oc3ccc(-c4ccccc4)cc3)n2)cc1.O=C([O-])c1ccc(Oc2nc(Oc3ccc(-c4ccccc4)cc3)nc(Oc3ccc(-c4ccccc4)cc3)n2)cc1.O=C([O-])c1ccc(Oc2nc(Oc3ccc(-c4ccccc4)cc3)nc(Oc3ccc(-c4ccccc4)cc3)n2)cc1.[Ca+2].[Ca+2].[Cl-]. The summed E-state index contributed by atoms with van der Waals surface area (Å²) in [5, 5.41) is 33.3. The molecule has 0 fully saturated rings. The van der Waals surface area contributed by atoms with E-state index in [4.69, 9.17) is 42.6 Å². The number of benzene rings is 15. The maximum absolute atomic E-state index is 11.1. The fourth-order valence-corrected chi connectivity index (χ4v) is 12.4. The summed E-state index contributed by atoms with van der Waals surface area (Å²) in [4.78, 5) is 72.0. The van der Waals surface area contributed by atoms with E-state index in [1.165, 1.54) is 72.8 Å². The summed E-state index contributed by atoms with van der Waals surface area (Å²) in [7, 11) is 0. The maximum Gasteiger partial charge on any atom is 2.00 e. The minimum atomic E-state index is -1.29. The van der Waals surface area contributed by atoms with E-state index in [2.05, 4.69) is 44.9 Å². The molecule has 0 saturated carbocycles. The summed E-state index contributed by atoms with van der Waals surface area (Å²) in [5.41, 5.74) is 12.7. The molecule has 0 spiro atoms. The van der Waals surface area contributed by atoms with Crippen LogP contribution in [-0.2, 0) is 0 Å². The van der Waals surface area contributed by atoms with Gasteiger partial charge in [0.2, 0.25) is 0 Å². The molecule has 3 aromatic heterocycles. The molecule has 0 amide bonds. The van der Waals surface area contributed by atoms with Gasteiger partial charge in [-0.1, -0.05) is 255 Å². The Balaban J connectivity index is 0.000000163. The summed E-state index contributed by atoms with van der Waals surface area (Å²) in [6.07, 6.45) is 0. The molecule has 0 bridgehead atoms. The topological polar surface area (TPSA) is 319 Å². The van der Waals surface area contributed by atoms with Crippen LogP contribution in [-0.4, -0.2) is 138 Å². The van der Waals surface area contributed by atoms with Crippen LogP contribution in [0.1, 0.15) is 31.1 Å². The number of carboxylic acid groups (broad SMARTS) is 3. The van der Waals surface area contributed by atoms with Gasteiger partial charge in [0.1, 0.15) is 51.7 Å². The summed E-state index contributed by atoms with van der Waals surface area (Å²) >= 11 is 0. The van der Waals surface area contributed by atoms with Gasteiger partial charge in [-0.3, -0.25) is 0 Å². The molecule has 0 unspecified atom stereocenters. The Labute approximate surface area is 805 Å². The van der Waals surface area contributed by atoms with Gasteiger partial charge in [0.05, 0.1) is 17.9 Å². The van der Waals surface area contributed by atoms with Crippen LogP contribution < -0.4 is 70.4 Å². The fraction of sp³-hybridized carbons (Fsp3) is 0. The van der Waals surface area contributed by atoms with Crippen LogP contribution in [0.4, 0.5) is 0 Å². The maximum atomic E-state index is 11.1. The van der Waals surface area contributed by atoms with Gasteiger partial charge in [0, 0.05) is 0 Å². The molecule has 18 aromatic rings. The number of aromatic carboxylic acids is 3. The van der Waals surface area contributed by atoms with Gasteiger partial charge in [-0.05, 0) is 229 Å². The van der Waals surface area contributed by atoms with Crippen molar-refractivity contribution in [3.63, 3.8) is 0 Å². The van der Waals surface area contributed by atoms with Crippen LogP contribution in [0.3, 0.4) is 0 Å². The zero-order valence-corrected chi connectivity index (χ0v) is 73.2. The van der Waals surface area contributed by atoms with Gasteiger partial charge in [-0.25, -0.2) is 0 Å². The van der Waals surface area contributed by atoms with Crippen molar-refractivity contribution in [3.05, 3.63) is 417 Å². The number of halogens is 1. The molecule has 0 radical (unpaired) electrons. The first-order valence-electron chi connectivity index (χ1n) is 39.0. The molecular weight excluding hydrogens is 1710 g/mol. The Kier molecular flexibility index (Phi) is 31.9. The van der Waals surface area contributed by atoms with Gasteiger partial charge < -0.3 is 84.7 Å². The second-order valence-electron chi connectivity index (χ2n) is 27.2. The normalized spacial score (nSPS) is 10.3. The number of nitrogens with zero attached hydrogens (tertiary/aromatic N) is 9. The number of carbonyl (C=O) groups excluding carboxylic acids is 3. The van der Waals surface area contributed by atoms with Crippen LogP contribution in [0.25, 0.3) is 66.8 Å². The molecule has 0 aliphatic rings. The van der Waals surface area contributed by atoms with Gasteiger partial charge in [0.15, 0.2) is 0 Å². The summed E-state index contributed by atoms with van der Waals surface area (Å²) < 4.78 is 53.0. The largest absolute Gasteiger partial charge is 2.00 e. The zero-order valence-electron chi connectivity index (χ0n) is 68.0. The monoisotopic (exact) mass is 1770 g/mol. The number of hydrogen-bond donors (Lipinski definition) is 0. The minimum absolute atomic E-state index is 0. The summed E-state index contributed by atoms with van der Waals surface area (Å²) in [6.45, 7) is 0. The molecule has 27 heteroatoms. The van der Waals surface area contributed by atoms with Gasteiger partial charge in [-0.15, -0.1) is 44.9 Å². The van der Waals surface area contributed by atoms with Crippen molar-refractivity contribution in [1.29, 1.82) is 0 Å². The summed E-state index contributed by atoms with van der Waals surface area (Å²) in [5.74, 6) is 0.0800. The molecule has 620 valence electrons. The van der Waals surface area contributed by atoms with Crippen molar-refractivity contribution < 1.29 is 84.7 Å². The van der Waals surface area contributed by atoms with Crippen molar-refractivity contribution in [2.45, 2.75) is 0 Å². The van der Waals surface area contributed by atoms with E-state index in [0.717, 1.165) is 66.8 Å². The quantitative estimate of drug-likeness (QED) is 0.0432. The smallest absolute Gasteiger partial charge is 1.00 e. The van der Waals surface area contributed by atoms with E-state index >= 15 is 0 Å². The third kappa shape index (κ3) is 26.0. The number of carbonyl (C=O) groups is 3. The van der Waals surface area contributed by atoms with Crippen LogP contribution in [0.2, 0.25) is 0 Å². The van der Waals surface area contributed by atoms with Crippen LogP contribution >= 0.6 is 0 Å². The molecule has 3 heterocycles. The number of aromatic nitrogens is 9. The number of rotatable bonds is 27. The Morgan fingerprint density at radius 1 is 0.155 bits per heavy atom. The third-order valence-corrected chi connectivity index (χ3v) is 18.6. The van der Waals surface area contributed by atoms with E-state index in [-0.39, 0.29) is 159 Å². The zero-order chi connectivity index (χ0) is 86.2. The molecule has 15 aromatic carbocycles. The Hall–Kier alpha value is -15.3. The molecule has 18 rings (SSSR count). The molecule has 0 saturated heterocycles. The molecule has 0 aliphatic heterocycles. The number of carboxylic acids is 3. The summed E-state index contributed by atoms with van der Waals surface area (Å²) in [6, 6.07) is 121. The Morgan fingerprint density at radius 2 is 0.256 bits per heavy atom. The van der Waals surface area contributed by atoms with Crippen LogP contribution in [0.15, 0.2) is 400 Å². The van der Waals surface area contributed by atoms with Crippen LogP contribution in [0.5, 0.6) is 106 Å². The molecular formula is C102H66Ca2ClN9O15. The molecule has 129 heavy (non-hydrogen) atoms. The van der Waals surface area contributed by atoms with E-state index in [1.807, 2.05) is 328 Å². The molecule has 0 aliphatic carbocycles. The van der Waals surface area contributed by atoms with Crippen molar-refractivity contribution in [3.8, 4) is 173 Å². The predicted molar refractivity (Wildman–Crippen MR) is 475 cm³/mol. The minimum Gasteiger partial charge on any atom is -1.00 e. The van der Waals surface area contributed by atoms with Gasteiger partial charge in [0.25, 0.3) is 0 Å². The number of hydrogen-bond acceptors (Lipinski definition) is 24. The van der Waals surface area contributed by atoms with Crippen molar-refractivity contribution in [2.24, 2.45) is 0 Å². The van der Waals surface area contributed by atoms with Gasteiger partial charge >= 0.3 is 130 Å². The average molecular weight is 1770 g/mol. The van der Waals surface area contributed by atoms with E-state index in [9.17, 15) is 29.7 Å². The molecule has 0 N–H and O–H groups in total. The predicted octanol–water partition coefficient (Wildman–Crippen LogP) is 17.1. The first kappa shape index (κ1) is 91.4. The molecule has 0 atom stereocenters. The van der Waals surface area contributed by atoms with E-state index < -0.39 is 17.9 Å². The first-order valence-corrected chi connectivity index (χ1v) is 39.0. The van der Waals surface area contributed by atoms with Crippen molar-refractivity contribution in [2.75, 3.05) is 0 Å².